The van der Waals surface area contributed by atoms with Crippen LogP contribution in [0, 0.1) is 6.92 Å². The summed E-state index contributed by atoms with van der Waals surface area (Å²) in [5.74, 6) is -0.0868. The van der Waals surface area contributed by atoms with Crippen molar-refractivity contribution in [3.63, 3.8) is 0 Å². The highest BCUT2D eigenvalue weighted by Crippen LogP contribution is 2.34. The number of anilines is 1. The van der Waals surface area contributed by atoms with Gasteiger partial charge in [-0.05, 0) is 42.8 Å². The number of methoxy groups -OCH3 is 1. The van der Waals surface area contributed by atoms with Crippen LogP contribution in [0.15, 0.2) is 64.9 Å². The Kier molecular flexibility index (Phi) is 4.81. The van der Waals surface area contributed by atoms with Gasteiger partial charge in [0.1, 0.15) is 10.6 Å². The molecule has 0 amide bonds. The first-order chi connectivity index (χ1) is 12.2. The van der Waals surface area contributed by atoms with Gasteiger partial charge >= 0.3 is 0 Å². The molecule has 0 aromatic heterocycles. The summed E-state index contributed by atoms with van der Waals surface area (Å²) in [6.07, 6.45) is 1.40. The first-order valence-electron chi connectivity index (χ1n) is 7.90. The first kappa shape index (κ1) is 18.5. The lowest BCUT2D eigenvalue weighted by Gasteiger charge is -2.29. The van der Waals surface area contributed by atoms with Crippen LogP contribution >= 0.6 is 0 Å². The molecule has 0 aliphatic carbocycles. The van der Waals surface area contributed by atoms with Crippen LogP contribution in [-0.2, 0) is 19.9 Å². The maximum Gasteiger partial charge on any atom is 0.268 e. The smallest absolute Gasteiger partial charge is 0.268 e. The van der Waals surface area contributed by atoms with Gasteiger partial charge in [-0.1, -0.05) is 24.3 Å². The van der Waals surface area contributed by atoms with Crippen molar-refractivity contribution in [2.75, 3.05) is 17.2 Å². The number of sulfone groups is 1. The highest BCUT2D eigenvalue weighted by atomic mass is 32.2. The Labute approximate surface area is 153 Å². The van der Waals surface area contributed by atoms with Crippen LogP contribution < -0.4 is 9.04 Å². The lowest BCUT2D eigenvalue weighted by Crippen LogP contribution is -2.41. The molecule has 6 nitrogen and oxygen atoms in total. The molecule has 0 saturated carbocycles. The van der Waals surface area contributed by atoms with E-state index in [1.165, 1.54) is 19.3 Å². The van der Waals surface area contributed by atoms with Crippen molar-refractivity contribution in [2.24, 2.45) is 0 Å². The molecule has 3 rings (SSSR count). The molecule has 0 N–H and O–H groups in total. The Hall–Kier alpha value is -2.32. The number of ether oxygens (including phenoxy) is 1. The largest absolute Gasteiger partial charge is 0.495 e. The summed E-state index contributed by atoms with van der Waals surface area (Å²) in [5, 5.41) is 1.07. The Morgan fingerprint density at radius 1 is 1.12 bits per heavy atom. The van der Waals surface area contributed by atoms with E-state index in [-0.39, 0.29) is 16.4 Å². The van der Waals surface area contributed by atoms with Gasteiger partial charge in [0.15, 0.2) is 9.84 Å². The van der Waals surface area contributed by atoms with Gasteiger partial charge in [-0.15, -0.1) is 0 Å². The fraction of sp³-hybridized carbons (Fsp3) is 0.222. The molecule has 0 saturated heterocycles. The fourth-order valence-corrected chi connectivity index (χ4v) is 6.10. The summed E-state index contributed by atoms with van der Waals surface area (Å²) in [5.41, 5.74) is 1.15. The van der Waals surface area contributed by atoms with Crippen LogP contribution in [0.1, 0.15) is 5.56 Å². The molecule has 1 atom stereocenters. The summed E-state index contributed by atoms with van der Waals surface area (Å²) < 4.78 is 57.1. The van der Waals surface area contributed by atoms with E-state index in [2.05, 4.69) is 0 Å². The molecule has 2 aromatic rings. The third kappa shape index (κ3) is 3.47. The quantitative estimate of drug-likeness (QED) is 0.780. The van der Waals surface area contributed by atoms with E-state index in [4.69, 9.17) is 4.74 Å². The van der Waals surface area contributed by atoms with E-state index >= 15 is 0 Å². The number of sulfonamides is 1. The number of rotatable bonds is 5. The van der Waals surface area contributed by atoms with Crippen LogP contribution in [0.3, 0.4) is 0 Å². The fourth-order valence-electron chi connectivity index (χ4n) is 2.88. The Bertz CT molecular complexity index is 1040. The Morgan fingerprint density at radius 3 is 2.38 bits per heavy atom. The molecular formula is C18H19NO5S2. The molecule has 26 heavy (non-hydrogen) atoms. The van der Waals surface area contributed by atoms with Crippen LogP contribution in [0.5, 0.6) is 5.75 Å². The molecule has 0 unspecified atom stereocenters. The predicted octanol–water partition coefficient (Wildman–Crippen LogP) is 2.51. The van der Waals surface area contributed by atoms with Crippen molar-refractivity contribution in [3.05, 3.63) is 65.6 Å². The second kappa shape index (κ2) is 6.77. The summed E-state index contributed by atoms with van der Waals surface area (Å²) in [6.45, 7) is 1.78. The summed E-state index contributed by atoms with van der Waals surface area (Å²) in [7, 11) is -6.09. The van der Waals surface area contributed by atoms with E-state index in [1.807, 2.05) is 0 Å². The molecule has 1 aliphatic rings. The Morgan fingerprint density at radius 2 is 1.81 bits per heavy atom. The predicted molar refractivity (Wildman–Crippen MR) is 101 cm³/mol. The normalized spacial score (nSPS) is 18.6. The number of benzene rings is 2. The zero-order valence-electron chi connectivity index (χ0n) is 14.4. The number of nitrogens with zero attached hydrogens (tertiary/aromatic N) is 1. The van der Waals surface area contributed by atoms with Gasteiger partial charge < -0.3 is 4.74 Å². The van der Waals surface area contributed by atoms with E-state index in [1.54, 1.807) is 49.4 Å². The summed E-state index contributed by atoms with van der Waals surface area (Å²) in [4.78, 5) is 0.00144. The maximum absolute atomic E-state index is 13.5. The molecule has 0 spiro atoms. The topological polar surface area (TPSA) is 80.8 Å². The number of aryl methyl sites for hydroxylation is 1. The van der Waals surface area contributed by atoms with Gasteiger partial charge in [0, 0.05) is 5.41 Å². The third-order valence-electron chi connectivity index (χ3n) is 4.08. The molecule has 8 heteroatoms. The van der Waals surface area contributed by atoms with Gasteiger partial charge in [-0.25, -0.2) is 16.8 Å². The monoisotopic (exact) mass is 393 g/mol. The van der Waals surface area contributed by atoms with Crippen LogP contribution in [0.25, 0.3) is 0 Å². The van der Waals surface area contributed by atoms with Crippen LogP contribution in [-0.4, -0.2) is 35.7 Å². The standard InChI is InChI=1S/C18H19NO5S2/c1-14-8-9-17(24-2)18(12-14)26(22,23)19(15-6-4-3-5-7-15)16-10-11-25(20,21)13-16/h3-12,16H,13H2,1-2H3/t16-/m0/s1. The minimum atomic E-state index is -4.06. The van der Waals surface area contributed by atoms with E-state index in [0.717, 1.165) is 15.3 Å². The molecule has 0 radical (unpaired) electrons. The van der Waals surface area contributed by atoms with Crippen molar-refractivity contribution in [1.82, 2.24) is 0 Å². The highest BCUT2D eigenvalue weighted by Gasteiger charge is 2.37. The minimum Gasteiger partial charge on any atom is -0.495 e. The average Bonchev–Trinajstić information content (AvgIpc) is 2.95. The zero-order valence-corrected chi connectivity index (χ0v) is 16.0. The van der Waals surface area contributed by atoms with E-state index in [9.17, 15) is 16.8 Å². The van der Waals surface area contributed by atoms with Gasteiger partial charge in [0.05, 0.1) is 24.6 Å². The van der Waals surface area contributed by atoms with E-state index < -0.39 is 25.9 Å². The third-order valence-corrected chi connectivity index (χ3v) is 7.33. The van der Waals surface area contributed by atoms with Crippen molar-refractivity contribution >= 4 is 25.5 Å². The number of para-hydroxylation sites is 1. The lowest BCUT2D eigenvalue weighted by atomic mass is 10.2. The van der Waals surface area contributed by atoms with Gasteiger partial charge in [-0.3, -0.25) is 4.31 Å². The Balaban J connectivity index is 2.19. The SMILES string of the molecule is COc1ccc(C)cc1S(=O)(=O)N(c1ccccc1)[C@H]1C=CS(=O)(=O)C1. The molecule has 1 heterocycles. The molecule has 0 bridgehead atoms. The average molecular weight is 393 g/mol. The number of hydrogen-bond donors (Lipinski definition) is 0. The number of hydrogen-bond acceptors (Lipinski definition) is 5. The van der Waals surface area contributed by atoms with Crippen molar-refractivity contribution in [2.45, 2.75) is 17.9 Å². The van der Waals surface area contributed by atoms with Crippen LogP contribution in [0.2, 0.25) is 0 Å². The van der Waals surface area contributed by atoms with Crippen molar-refractivity contribution < 1.29 is 21.6 Å². The summed E-state index contributed by atoms with van der Waals surface area (Å²) >= 11 is 0. The molecule has 1 aliphatic heterocycles. The molecule has 2 aromatic carbocycles. The van der Waals surface area contributed by atoms with Crippen LogP contribution in [0.4, 0.5) is 5.69 Å². The first-order valence-corrected chi connectivity index (χ1v) is 11.1. The van der Waals surface area contributed by atoms with Crippen molar-refractivity contribution in [1.29, 1.82) is 0 Å². The van der Waals surface area contributed by atoms with E-state index in [0.29, 0.717) is 5.69 Å². The minimum absolute atomic E-state index is 0.00144. The maximum atomic E-state index is 13.5. The van der Waals surface area contributed by atoms with Gasteiger partial charge in [0.2, 0.25) is 0 Å². The lowest BCUT2D eigenvalue weighted by molar-refractivity contribution is 0.402. The second-order valence-electron chi connectivity index (χ2n) is 6.02. The van der Waals surface area contributed by atoms with Crippen molar-refractivity contribution in [3.8, 4) is 5.75 Å². The zero-order chi connectivity index (χ0) is 18.9. The molecular weight excluding hydrogens is 374 g/mol. The molecule has 138 valence electrons. The highest BCUT2D eigenvalue weighted by molar-refractivity contribution is 7.95. The molecule has 0 fully saturated rings. The van der Waals surface area contributed by atoms with Gasteiger partial charge in [0.25, 0.3) is 10.0 Å². The summed E-state index contributed by atoms with van der Waals surface area (Å²) in [6, 6.07) is 12.5. The van der Waals surface area contributed by atoms with Gasteiger partial charge in [-0.2, -0.15) is 0 Å². The second-order valence-corrected chi connectivity index (χ2v) is 9.73.